The standard InChI is InChI=1S/C31H55NO10/c1-10-22-31(8,38)26(36)18(4)23(33)16(2)15-30(7,39-9)27(19(5)24(34)20(6)28(37)41-22)42-29-25(35)21(14-17(3)40-29)32-12-11-13-32/h16-22,24-27,29,34-36,38H,10-15H2,1-9H3/t16-,17+,18+,19+,20-,21-,22-,24+,25+,26-,27-,29-,30-,31-/m1/s1. The highest BCUT2D eigenvalue weighted by Gasteiger charge is 2.52. The Balaban J connectivity index is 2.03. The van der Waals surface area contributed by atoms with Crippen molar-refractivity contribution < 1.29 is 49.0 Å². The molecule has 0 unspecified atom stereocenters. The largest absolute Gasteiger partial charge is 0.459 e. The fourth-order valence-corrected chi connectivity index (χ4v) is 7.11. The van der Waals surface area contributed by atoms with E-state index >= 15 is 0 Å². The van der Waals surface area contributed by atoms with Crippen LogP contribution in [-0.2, 0) is 28.5 Å². The number of aliphatic hydroxyl groups excluding tert-OH is 3. The summed E-state index contributed by atoms with van der Waals surface area (Å²) in [5.74, 6) is -4.44. The summed E-state index contributed by atoms with van der Waals surface area (Å²) < 4.78 is 24.4. The quantitative estimate of drug-likeness (QED) is 0.340. The number of rotatable bonds is 5. The topological polar surface area (TPSA) is 155 Å². The molecule has 3 aliphatic heterocycles. The summed E-state index contributed by atoms with van der Waals surface area (Å²) in [7, 11) is 1.49. The van der Waals surface area contributed by atoms with E-state index in [0.717, 1.165) is 19.5 Å². The summed E-state index contributed by atoms with van der Waals surface area (Å²) in [6, 6.07) is -0.143. The van der Waals surface area contributed by atoms with E-state index in [0.29, 0.717) is 6.42 Å². The number of aliphatic hydroxyl groups is 4. The second-order valence-electron chi connectivity index (χ2n) is 13.5. The molecule has 14 atom stereocenters. The number of cyclic esters (lactones) is 1. The number of hydrogen-bond donors (Lipinski definition) is 4. The molecule has 0 aromatic rings. The van der Waals surface area contributed by atoms with Gasteiger partial charge in [0.15, 0.2) is 6.29 Å². The van der Waals surface area contributed by atoms with Crippen molar-refractivity contribution in [2.75, 3.05) is 20.2 Å². The molecule has 0 aliphatic carbocycles. The number of carbonyl (C=O) groups is 2. The summed E-state index contributed by atoms with van der Waals surface area (Å²) in [5.41, 5.74) is -3.09. The molecule has 3 fully saturated rings. The zero-order valence-corrected chi connectivity index (χ0v) is 26.9. The van der Waals surface area contributed by atoms with Gasteiger partial charge < -0.3 is 39.4 Å². The van der Waals surface area contributed by atoms with Crippen molar-refractivity contribution in [3.8, 4) is 0 Å². The number of nitrogens with zero attached hydrogens (tertiary/aromatic N) is 1. The van der Waals surface area contributed by atoms with Crippen molar-refractivity contribution >= 4 is 11.8 Å². The third kappa shape index (κ3) is 7.04. The van der Waals surface area contributed by atoms with Crippen molar-refractivity contribution in [1.29, 1.82) is 0 Å². The van der Waals surface area contributed by atoms with Gasteiger partial charge >= 0.3 is 5.97 Å². The number of ketones is 1. The van der Waals surface area contributed by atoms with E-state index in [9.17, 15) is 30.0 Å². The van der Waals surface area contributed by atoms with Crippen LogP contribution in [0.15, 0.2) is 0 Å². The van der Waals surface area contributed by atoms with Gasteiger partial charge in [0.05, 0.1) is 35.9 Å². The smallest absolute Gasteiger partial charge is 0.311 e. The minimum Gasteiger partial charge on any atom is -0.459 e. The second-order valence-corrected chi connectivity index (χ2v) is 13.5. The van der Waals surface area contributed by atoms with E-state index in [1.54, 1.807) is 34.6 Å². The molecule has 42 heavy (non-hydrogen) atoms. The van der Waals surface area contributed by atoms with Gasteiger partial charge in [0.1, 0.15) is 23.6 Å². The summed E-state index contributed by atoms with van der Waals surface area (Å²) in [6.07, 6.45) is -4.93. The molecule has 11 heteroatoms. The van der Waals surface area contributed by atoms with Crippen LogP contribution >= 0.6 is 0 Å². The van der Waals surface area contributed by atoms with Crippen molar-refractivity contribution in [2.45, 2.75) is 141 Å². The molecule has 0 radical (unpaired) electrons. The third-order valence-electron chi connectivity index (χ3n) is 10.2. The Bertz CT molecular complexity index is 927. The molecule has 3 saturated heterocycles. The molecule has 244 valence electrons. The Morgan fingerprint density at radius 3 is 2.14 bits per heavy atom. The van der Waals surface area contributed by atoms with Crippen LogP contribution < -0.4 is 0 Å². The highest BCUT2D eigenvalue weighted by Crippen LogP contribution is 2.39. The molecule has 0 aromatic heterocycles. The summed E-state index contributed by atoms with van der Waals surface area (Å²) in [5, 5.41) is 45.3. The van der Waals surface area contributed by atoms with Crippen LogP contribution in [-0.4, -0.2) is 117 Å². The lowest BCUT2D eigenvalue weighted by molar-refractivity contribution is -0.304. The Kier molecular flexibility index (Phi) is 11.6. The highest BCUT2D eigenvalue weighted by atomic mass is 16.7. The Morgan fingerprint density at radius 2 is 1.62 bits per heavy atom. The fraction of sp³-hybridized carbons (Fsp3) is 0.935. The van der Waals surface area contributed by atoms with E-state index in [1.807, 2.05) is 6.92 Å². The maximum Gasteiger partial charge on any atom is 0.311 e. The normalized spacial score (nSPS) is 48.7. The average molecular weight is 602 g/mol. The van der Waals surface area contributed by atoms with Gasteiger partial charge in [-0.3, -0.25) is 14.5 Å². The molecule has 4 N–H and O–H groups in total. The van der Waals surface area contributed by atoms with Crippen molar-refractivity contribution in [3.05, 3.63) is 0 Å². The zero-order chi connectivity index (χ0) is 31.7. The number of carbonyl (C=O) groups excluding carboxylic acids is 2. The number of Topliss-reactive ketones (excluding diaryl/α,β-unsaturated/α-hetero) is 1. The lowest BCUT2D eigenvalue weighted by Gasteiger charge is -2.50. The number of likely N-dealkylation sites (tertiary alicyclic amines) is 1. The van der Waals surface area contributed by atoms with Gasteiger partial charge in [0, 0.05) is 30.9 Å². The molecular formula is C31H55NO10. The van der Waals surface area contributed by atoms with Gasteiger partial charge in [0.2, 0.25) is 0 Å². The molecule has 0 aromatic carbocycles. The summed E-state index contributed by atoms with van der Waals surface area (Å²) in [4.78, 5) is 29.1. The first-order valence-electron chi connectivity index (χ1n) is 15.6. The van der Waals surface area contributed by atoms with E-state index in [-0.39, 0.29) is 30.8 Å². The Morgan fingerprint density at radius 1 is 1.00 bits per heavy atom. The summed E-state index contributed by atoms with van der Waals surface area (Å²) in [6.45, 7) is 15.1. The molecule has 3 heterocycles. The molecular weight excluding hydrogens is 546 g/mol. The molecule has 0 bridgehead atoms. The molecule has 3 rings (SSSR count). The molecule has 11 nitrogen and oxygen atoms in total. The maximum atomic E-state index is 13.6. The predicted molar refractivity (Wildman–Crippen MR) is 154 cm³/mol. The van der Waals surface area contributed by atoms with Crippen molar-refractivity contribution in [3.63, 3.8) is 0 Å². The van der Waals surface area contributed by atoms with Gasteiger partial charge in [-0.15, -0.1) is 0 Å². The van der Waals surface area contributed by atoms with Gasteiger partial charge in [0.25, 0.3) is 0 Å². The first-order valence-corrected chi connectivity index (χ1v) is 15.6. The van der Waals surface area contributed by atoms with Crippen LogP contribution in [0.1, 0.15) is 81.1 Å². The van der Waals surface area contributed by atoms with E-state index < -0.39 is 77.7 Å². The maximum absolute atomic E-state index is 13.6. The Labute approximate surface area is 250 Å². The van der Waals surface area contributed by atoms with Crippen LogP contribution in [0.5, 0.6) is 0 Å². The SMILES string of the molecule is CC[C@H]1OC(=O)[C@H](C)[C@@H](O)[C@H](C)[C@@H](O[C@H]2O[C@@H](C)C[C@@H](N3CCC3)[C@@H]2O)[C@](C)(OC)C[C@@H](C)C(=O)[C@H](C)[C@@H](O)[C@]1(C)O. The highest BCUT2D eigenvalue weighted by molar-refractivity contribution is 5.83. The first kappa shape index (κ1) is 35.3. The molecule has 0 spiro atoms. The van der Waals surface area contributed by atoms with E-state index in [1.165, 1.54) is 21.0 Å². The zero-order valence-electron chi connectivity index (χ0n) is 26.9. The molecule has 0 amide bonds. The minimum atomic E-state index is -1.91. The second kappa shape index (κ2) is 13.9. The monoisotopic (exact) mass is 601 g/mol. The van der Waals surface area contributed by atoms with E-state index in [2.05, 4.69) is 4.90 Å². The third-order valence-corrected chi connectivity index (χ3v) is 10.2. The van der Waals surface area contributed by atoms with Crippen molar-refractivity contribution in [2.24, 2.45) is 23.7 Å². The van der Waals surface area contributed by atoms with Crippen LogP contribution in [0, 0.1) is 23.7 Å². The Hall–Kier alpha value is -1.18. The lowest BCUT2D eigenvalue weighted by Crippen LogP contribution is -2.62. The van der Waals surface area contributed by atoms with Gasteiger partial charge in [-0.05, 0) is 66.5 Å². The number of methoxy groups -OCH3 is 1. The predicted octanol–water partition coefficient (Wildman–Crippen LogP) is 1.66. The molecule has 0 saturated carbocycles. The van der Waals surface area contributed by atoms with Gasteiger partial charge in [-0.1, -0.05) is 27.7 Å². The molecule has 3 aliphatic rings. The number of ether oxygens (including phenoxy) is 4. The fourth-order valence-electron chi connectivity index (χ4n) is 7.11. The number of hydrogen-bond acceptors (Lipinski definition) is 11. The van der Waals surface area contributed by atoms with Crippen molar-refractivity contribution in [1.82, 2.24) is 4.90 Å². The number of esters is 1. The van der Waals surface area contributed by atoms with Crippen LogP contribution in [0.2, 0.25) is 0 Å². The van der Waals surface area contributed by atoms with Crippen LogP contribution in [0.3, 0.4) is 0 Å². The van der Waals surface area contributed by atoms with Crippen LogP contribution in [0.4, 0.5) is 0 Å². The first-order chi connectivity index (χ1) is 19.5. The van der Waals surface area contributed by atoms with E-state index in [4.69, 9.17) is 18.9 Å². The average Bonchev–Trinajstić information content (AvgIpc) is 2.92. The lowest BCUT2D eigenvalue weighted by atomic mass is 9.74. The van der Waals surface area contributed by atoms with Gasteiger partial charge in [-0.2, -0.15) is 0 Å². The van der Waals surface area contributed by atoms with Crippen LogP contribution in [0.25, 0.3) is 0 Å². The van der Waals surface area contributed by atoms with Gasteiger partial charge in [-0.25, -0.2) is 0 Å². The minimum absolute atomic E-state index is 0.143. The summed E-state index contributed by atoms with van der Waals surface area (Å²) >= 11 is 0.